The average Bonchev–Trinajstić information content (AvgIpc) is 2.81. The summed E-state index contributed by atoms with van der Waals surface area (Å²) in [4.78, 5) is 36.7. The summed E-state index contributed by atoms with van der Waals surface area (Å²) in [6, 6.07) is 12.7. The zero-order valence-electron chi connectivity index (χ0n) is 13.9. The number of nitro groups is 1. The number of nitrogens with one attached hydrogen (secondary N) is 1. The fraction of sp³-hybridized carbons (Fsp3) is 0.222. The molecule has 1 heterocycles. The third kappa shape index (κ3) is 2.84. The first-order valence-corrected chi connectivity index (χ1v) is 7.76. The van der Waals surface area contributed by atoms with E-state index in [2.05, 4.69) is 5.32 Å². The van der Waals surface area contributed by atoms with Crippen LogP contribution in [0.15, 0.2) is 48.5 Å². The molecule has 0 aromatic heterocycles. The monoisotopic (exact) mass is 339 g/mol. The van der Waals surface area contributed by atoms with Crippen LogP contribution >= 0.6 is 0 Å². The Kier molecular flexibility index (Phi) is 4.00. The molecule has 0 radical (unpaired) electrons. The average molecular weight is 339 g/mol. The van der Waals surface area contributed by atoms with E-state index in [9.17, 15) is 19.7 Å². The van der Waals surface area contributed by atoms with E-state index in [1.807, 2.05) is 31.2 Å². The molecule has 0 saturated carbocycles. The second-order valence-corrected chi connectivity index (χ2v) is 6.18. The Labute approximate surface area is 144 Å². The molecule has 7 nitrogen and oxygen atoms in total. The summed E-state index contributed by atoms with van der Waals surface area (Å²) in [6.07, 6.45) is 0. The van der Waals surface area contributed by atoms with Gasteiger partial charge in [-0.3, -0.25) is 19.8 Å². The highest BCUT2D eigenvalue weighted by Gasteiger charge is 2.49. The summed E-state index contributed by atoms with van der Waals surface area (Å²) < 4.78 is 0. The molecular formula is C18H17N3O4. The van der Waals surface area contributed by atoms with Gasteiger partial charge in [-0.1, -0.05) is 24.3 Å². The zero-order valence-corrected chi connectivity index (χ0v) is 13.9. The second-order valence-electron chi connectivity index (χ2n) is 6.18. The predicted molar refractivity (Wildman–Crippen MR) is 90.7 cm³/mol. The fourth-order valence-electron chi connectivity index (χ4n) is 2.91. The van der Waals surface area contributed by atoms with Gasteiger partial charge in [-0.15, -0.1) is 0 Å². The van der Waals surface area contributed by atoms with Gasteiger partial charge < -0.3 is 5.32 Å². The van der Waals surface area contributed by atoms with Crippen LogP contribution in [0.25, 0.3) is 0 Å². The van der Waals surface area contributed by atoms with Gasteiger partial charge in [0.05, 0.1) is 11.5 Å². The standard InChI is InChI=1S/C18H17N3O4/c1-12-5-3-4-6-13(12)11-20-16(22)18(2,19-17(20)23)14-7-9-15(10-8-14)21(24)25/h3-10H,11H2,1-2H3,(H,19,23)/t18-/m0/s1. The normalized spacial score (nSPS) is 19.8. The highest BCUT2D eigenvalue weighted by molar-refractivity contribution is 6.07. The van der Waals surface area contributed by atoms with E-state index in [1.54, 1.807) is 6.92 Å². The molecule has 1 N–H and O–H groups in total. The highest BCUT2D eigenvalue weighted by atomic mass is 16.6. The van der Waals surface area contributed by atoms with Crippen molar-refractivity contribution in [2.45, 2.75) is 25.9 Å². The number of carbonyl (C=O) groups excluding carboxylic acids is 2. The van der Waals surface area contributed by atoms with Gasteiger partial charge in [-0.2, -0.15) is 0 Å². The molecule has 1 saturated heterocycles. The van der Waals surface area contributed by atoms with Gasteiger partial charge in [-0.25, -0.2) is 4.79 Å². The van der Waals surface area contributed by atoms with Gasteiger partial charge in [0.15, 0.2) is 0 Å². The molecule has 7 heteroatoms. The Morgan fingerprint density at radius 3 is 2.36 bits per heavy atom. The molecule has 3 rings (SSSR count). The minimum atomic E-state index is -1.24. The number of hydrogen-bond donors (Lipinski definition) is 1. The Morgan fingerprint density at radius 2 is 1.76 bits per heavy atom. The van der Waals surface area contributed by atoms with Crippen molar-refractivity contribution in [2.24, 2.45) is 0 Å². The van der Waals surface area contributed by atoms with E-state index in [-0.39, 0.29) is 18.1 Å². The number of amides is 3. The maximum Gasteiger partial charge on any atom is 0.325 e. The van der Waals surface area contributed by atoms with Crippen LogP contribution in [0.1, 0.15) is 23.6 Å². The molecule has 0 unspecified atom stereocenters. The van der Waals surface area contributed by atoms with E-state index >= 15 is 0 Å². The largest absolute Gasteiger partial charge is 0.325 e. The Hall–Kier alpha value is -3.22. The molecule has 1 atom stereocenters. The molecule has 25 heavy (non-hydrogen) atoms. The molecule has 0 spiro atoms. The summed E-state index contributed by atoms with van der Waals surface area (Å²) >= 11 is 0. The second kappa shape index (κ2) is 6.01. The van der Waals surface area contributed by atoms with E-state index < -0.39 is 16.5 Å². The molecule has 0 aliphatic carbocycles. The minimum absolute atomic E-state index is 0.0686. The van der Waals surface area contributed by atoms with Crippen LogP contribution in [-0.4, -0.2) is 21.8 Å². The van der Waals surface area contributed by atoms with Gasteiger partial charge >= 0.3 is 6.03 Å². The van der Waals surface area contributed by atoms with Crippen LogP contribution in [0.2, 0.25) is 0 Å². The first kappa shape index (κ1) is 16.6. The number of benzene rings is 2. The van der Waals surface area contributed by atoms with E-state index in [4.69, 9.17) is 0 Å². The van der Waals surface area contributed by atoms with Crippen LogP contribution in [0, 0.1) is 17.0 Å². The quantitative estimate of drug-likeness (QED) is 0.526. The summed E-state index contributed by atoms with van der Waals surface area (Å²) in [7, 11) is 0. The smallest absolute Gasteiger partial charge is 0.319 e. The maximum absolute atomic E-state index is 12.9. The van der Waals surface area contributed by atoms with E-state index in [1.165, 1.54) is 29.2 Å². The lowest BCUT2D eigenvalue weighted by molar-refractivity contribution is -0.384. The van der Waals surface area contributed by atoms with Crippen molar-refractivity contribution in [3.8, 4) is 0 Å². The van der Waals surface area contributed by atoms with Gasteiger partial charge in [0.25, 0.3) is 11.6 Å². The van der Waals surface area contributed by atoms with E-state index in [0.717, 1.165) is 11.1 Å². The van der Waals surface area contributed by atoms with Crippen LogP contribution in [0.5, 0.6) is 0 Å². The molecule has 1 fully saturated rings. The first-order valence-electron chi connectivity index (χ1n) is 7.76. The molecule has 128 valence electrons. The van der Waals surface area contributed by atoms with E-state index in [0.29, 0.717) is 5.56 Å². The van der Waals surface area contributed by atoms with Crippen LogP contribution in [-0.2, 0) is 16.9 Å². The van der Waals surface area contributed by atoms with Crippen LogP contribution in [0.4, 0.5) is 10.5 Å². The van der Waals surface area contributed by atoms with Crippen molar-refractivity contribution in [2.75, 3.05) is 0 Å². The number of nitrogens with zero attached hydrogens (tertiary/aromatic N) is 2. The summed E-state index contributed by atoms with van der Waals surface area (Å²) in [5.41, 5.74) is 1.07. The SMILES string of the molecule is Cc1ccccc1CN1C(=O)N[C@@](C)(c2ccc([N+](=O)[O-])cc2)C1=O. The lowest BCUT2D eigenvalue weighted by Gasteiger charge is -2.22. The molecule has 2 aromatic carbocycles. The van der Waals surface area contributed by atoms with Crippen molar-refractivity contribution in [1.29, 1.82) is 0 Å². The Balaban J connectivity index is 1.89. The highest BCUT2D eigenvalue weighted by Crippen LogP contribution is 2.31. The van der Waals surface area contributed by atoms with Gasteiger partial charge in [0.2, 0.25) is 0 Å². The molecule has 3 amide bonds. The predicted octanol–water partition coefficient (Wildman–Crippen LogP) is 2.87. The topological polar surface area (TPSA) is 92.6 Å². The van der Waals surface area contributed by atoms with Crippen molar-refractivity contribution in [3.05, 3.63) is 75.3 Å². The maximum atomic E-state index is 12.9. The zero-order chi connectivity index (χ0) is 18.2. The number of hydrogen-bond acceptors (Lipinski definition) is 4. The number of imide groups is 1. The van der Waals surface area contributed by atoms with Crippen molar-refractivity contribution in [1.82, 2.24) is 10.2 Å². The molecule has 1 aliphatic rings. The molecule has 1 aliphatic heterocycles. The third-order valence-electron chi connectivity index (χ3n) is 4.52. The van der Waals surface area contributed by atoms with Gasteiger partial charge in [-0.05, 0) is 42.7 Å². The fourth-order valence-corrected chi connectivity index (χ4v) is 2.91. The lowest BCUT2D eigenvalue weighted by Crippen LogP contribution is -2.40. The molecular weight excluding hydrogens is 322 g/mol. The summed E-state index contributed by atoms with van der Waals surface area (Å²) in [5.74, 6) is -0.380. The van der Waals surface area contributed by atoms with Crippen molar-refractivity contribution in [3.63, 3.8) is 0 Å². The molecule has 2 aromatic rings. The number of nitro benzene ring substituents is 1. The van der Waals surface area contributed by atoms with Crippen LogP contribution < -0.4 is 5.32 Å². The van der Waals surface area contributed by atoms with Gasteiger partial charge in [0.1, 0.15) is 5.54 Å². The molecule has 0 bridgehead atoms. The number of aryl methyl sites for hydroxylation is 1. The minimum Gasteiger partial charge on any atom is -0.319 e. The van der Waals surface area contributed by atoms with Gasteiger partial charge in [0, 0.05) is 12.1 Å². The third-order valence-corrected chi connectivity index (χ3v) is 4.52. The number of rotatable bonds is 4. The summed E-state index contributed by atoms with van der Waals surface area (Å²) in [6.45, 7) is 3.70. The number of non-ortho nitro benzene ring substituents is 1. The van der Waals surface area contributed by atoms with Crippen LogP contribution in [0.3, 0.4) is 0 Å². The van der Waals surface area contributed by atoms with Crippen molar-refractivity contribution < 1.29 is 14.5 Å². The summed E-state index contributed by atoms with van der Waals surface area (Å²) in [5, 5.41) is 13.5. The Bertz CT molecular complexity index is 863. The number of urea groups is 1. The number of carbonyl (C=O) groups is 2. The Morgan fingerprint density at radius 1 is 1.12 bits per heavy atom. The lowest BCUT2D eigenvalue weighted by atomic mass is 9.92. The first-order chi connectivity index (χ1) is 11.8. The van der Waals surface area contributed by atoms with Crippen molar-refractivity contribution >= 4 is 17.6 Å².